The Morgan fingerprint density at radius 2 is 2.05 bits per heavy atom. The van der Waals surface area contributed by atoms with Gasteiger partial charge in [0.25, 0.3) is 0 Å². The number of fused-ring (bicyclic) bond motifs is 1. The number of nitrogens with one attached hydrogen (secondary N) is 2. The van der Waals surface area contributed by atoms with Crippen LogP contribution in [-0.4, -0.2) is 22.1 Å². The van der Waals surface area contributed by atoms with E-state index in [1.165, 1.54) is 6.92 Å². The van der Waals surface area contributed by atoms with Gasteiger partial charge in [0.1, 0.15) is 6.10 Å². The predicted octanol–water partition coefficient (Wildman–Crippen LogP) is 2.94. The quantitative estimate of drug-likeness (QED) is 0.812. The number of aliphatic hydroxyl groups is 1. The monoisotopic (exact) mass is 294 g/mol. The van der Waals surface area contributed by atoms with Crippen molar-refractivity contribution in [2.45, 2.75) is 39.3 Å². The van der Waals surface area contributed by atoms with Gasteiger partial charge >= 0.3 is 0 Å². The van der Waals surface area contributed by atoms with Gasteiger partial charge in [0.15, 0.2) is 0 Å². The van der Waals surface area contributed by atoms with Gasteiger partial charge in [0.2, 0.25) is 5.91 Å². The Morgan fingerprint density at radius 3 is 2.65 bits per heavy atom. The number of rotatable bonds is 4. The molecule has 1 aromatic carbocycles. The average molecular weight is 295 g/mol. The molecule has 1 amide bonds. The lowest BCUT2D eigenvalue weighted by Crippen LogP contribution is -2.32. The third-order valence-corrected chi connectivity index (χ3v) is 3.58. The van der Waals surface area contributed by atoms with Crippen LogP contribution in [0.5, 0.6) is 0 Å². The molecule has 5 heteroatoms. The Bertz CT molecular complexity index is 632. The Balaban J connectivity index is 2.23. The van der Waals surface area contributed by atoms with Crippen LogP contribution in [0.4, 0.5) is 0 Å². The average Bonchev–Trinajstić information content (AvgIpc) is 2.76. The summed E-state index contributed by atoms with van der Waals surface area (Å²) >= 11 is 6.26. The number of carbonyl (C=O) groups is 1. The van der Waals surface area contributed by atoms with Crippen molar-refractivity contribution in [3.05, 3.63) is 34.5 Å². The maximum Gasteiger partial charge on any atom is 0.248 e. The van der Waals surface area contributed by atoms with Crippen molar-refractivity contribution in [3.63, 3.8) is 0 Å². The van der Waals surface area contributed by atoms with Crippen LogP contribution in [-0.2, 0) is 11.3 Å². The summed E-state index contributed by atoms with van der Waals surface area (Å²) in [6, 6.07) is 5.93. The van der Waals surface area contributed by atoms with Gasteiger partial charge in [0.05, 0.1) is 6.54 Å². The van der Waals surface area contributed by atoms with Gasteiger partial charge in [-0.15, -0.1) is 0 Å². The fourth-order valence-electron chi connectivity index (χ4n) is 2.10. The number of aromatic nitrogens is 1. The number of hydrogen-bond acceptors (Lipinski definition) is 2. The molecule has 2 aromatic rings. The molecule has 0 aliphatic carbocycles. The molecule has 108 valence electrons. The number of carbonyl (C=O) groups excluding carboxylic acids is 1. The molecule has 0 saturated heterocycles. The molecule has 0 saturated carbocycles. The molecule has 0 bridgehead atoms. The number of halogens is 1. The van der Waals surface area contributed by atoms with E-state index in [0.29, 0.717) is 12.5 Å². The molecule has 0 fully saturated rings. The first-order valence-corrected chi connectivity index (χ1v) is 7.03. The molecule has 3 N–H and O–H groups in total. The second-order valence-corrected chi connectivity index (χ2v) is 5.71. The number of amides is 1. The summed E-state index contributed by atoms with van der Waals surface area (Å²) < 4.78 is 0. The Morgan fingerprint density at radius 1 is 1.35 bits per heavy atom. The standard InChI is InChI=1S/C15H19ClN2O2/c1-8(2)12-6-14-10(5-13(12)16)4-11(18-14)7-17-15(20)9(3)19/h4-6,8-9,18-19H,7H2,1-3H3,(H,17,20). The van der Waals surface area contributed by atoms with Gasteiger partial charge in [-0.25, -0.2) is 0 Å². The fourth-order valence-corrected chi connectivity index (χ4v) is 2.49. The normalized spacial score (nSPS) is 12.9. The minimum Gasteiger partial charge on any atom is -0.384 e. The van der Waals surface area contributed by atoms with Crippen molar-refractivity contribution >= 4 is 28.4 Å². The van der Waals surface area contributed by atoms with Crippen molar-refractivity contribution in [2.24, 2.45) is 0 Å². The van der Waals surface area contributed by atoms with Crippen LogP contribution in [0.1, 0.15) is 37.9 Å². The highest BCUT2D eigenvalue weighted by molar-refractivity contribution is 6.32. The minimum absolute atomic E-state index is 0.354. The molecule has 1 atom stereocenters. The van der Waals surface area contributed by atoms with Crippen LogP contribution in [0.2, 0.25) is 5.02 Å². The van der Waals surface area contributed by atoms with Gasteiger partial charge in [0, 0.05) is 21.6 Å². The highest BCUT2D eigenvalue weighted by Crippen LogP contribution is 2.29. The van der Waals surface area contributed by atoms with E-state index < -0.39 is 6.10 Å². The summed E-state index contributed by atoms with van der Waals surface area (Å²) in [4.78, 5) is 14.6. The number of H-pyrrole nitrogens is 1. The lowest BCUT2D eigenvalue weighted by molar-refractivity contribution is -0.128. The third kappa shape index (κ3) is 3.14. The largest absolute Gasteiger partial charge is 0.384 e. The highest BCUT2D eigenvalue weighted by atomic mass is 35.5. The summed E-state index contributed by atoms with van der Waals surface area (Å²) in [5, 5.41) is 13.6. The van der Waals surface area contributed by atoms with Gasteiger partial charge < -0.3 is 15.4 Å². The highest BCUT2D eigenvalue weighted by Gasteiger charge is 2.11. The number of hydrogen-bond donors (Lipinski definition) is 3. The number of benzene rings is 1. The van der Waals surface area contributed by atoms with E-state index in [1.54, 1.807) is 0 Å². The molecule has 20 heavy (non-hydrogen) atoms. The van der Waals surface area contributed by atoms with Crippen molar-refractivity contribution in [3.8, 4) is 0 Å². The Labute approximate surface area is 123 Å². The molecule has 1 heterocycles. The van der Waals surface area contributed by atoms with Crippen molar-refractivity contribution in [2.75, 3.05) is 0 Å². The second kappa shape index (κ2) is 5.85. The van der Waals surface area contributed by atoms with Crippen LogP contribution in [0.3, 0.4) is 0 Å². The molecule has 1 aromatic heterocycles. The second-order valence-electron chi connectivity index (χ2n) is 5.30. The molecule has 4 nitrogen and oxygen atoms in total. The summed E-state index contributed by atoms with van der Waals surface area (Å²) in [6.07, 6.45) is -0.999. The Kier molecular flexibility index (Phi) is 4.35. The number of aliphatic hydroxyl groups excluding tert-OH is 1. The van der Waals surface area contributed by atoms with E-state index in [-0.39, 0.29) is 5.91 Å². The van der Waals surface area contributed by atoms with Crippen LogP contribution in [0.15, 0.2) is 18.2 Å². The van der Waals surface area contributed by atoms with Crippen molar-refractivity contribution in [1.82, 2.24) is 10.3 Å². The molecule has 0 spiro atoms. The fraction of sp³-hybridized carbons (Fsp3) is 0.400. The first-order chi connectivity index (χ1) is 9.38. The SMILES string of the molecule is CC(O)C(=O)NCc1cc2cc(Cl)c(C(C)C)cc2[nH]1. The van der Waals surface area contributed by atoms with Crippen LogP contribution in [0, 0.1) is 0 Å². The smallest absolute Gasteiger partial charge is 0.248 e. The van der Waals surface area contributed by atoms with Crippen molar-refractivity contribution in [1.29, 1.82) is 0 Å². The zero-order valence-corrected chi connectivity index (χ0v) is 12.6. The van der Waals surface area contributed by atoms with E-state index in [0.717, 1.165) is 27.2 Å². The Hall–Kier alpha value is -1.52. The van der Waals surface area contributed by atoms with Crippen LogP contribution < -0.4 is 5.32 Å². The maximum absolute atomic E-state index is 11.3. The van der Waals surface area contributed by atoms with Crippen molar-refractivity contribution < 1.29 is 9.90 Å². The summed E-state index contributed by atoms with van der Waals surface area (Å²) in [5.41, 5.74) is 2.98. The third-order valence-electron chi connectivity index (χ3n) is 3.25. The van der Waals surface area contributed by atoms with Gasteiger partial charge in [-0.1, -0.05) is 25.4 Å². The molecular weight excluding hydrogens is 276 g/mol. The molecule has 2 rings (SSSR count). The predicted molar refractivity (Wildman–Crippen MR) is 80.9 cm³/mol. The molecule has 0 aliphatic rings. The van der Waals surface area contributed by atoms with Crippen LogP contribution >= 0.6 is 11.6 Å². The number of aromatic amines is 1. The van der Waals surface area contributed by atoms with E-state index in [1.807, 2.05) is 18.2 Å². The lowest BCUT2D eigenvalue weighted by Gasteiger charge is -2.07. The van der Waals surface area contributed by atoms with E-state index in [9.17, 15) is 4.79 Å². The molecule has 1 unspecified atom stereocenters. The first kappa shape index (κ1) is 14.9. The summed E-state index contributed by atoms with van der Waals surface area (Å²) in [6.45, 7) is 5.99. The van der Waals surface area contributed by atoms with Gasteiger partial charge in [-0.2, -0.15) is 0 Å². The molecule has 0 radical (unpaired) electrons. The maximum atomic E-state index is 11.3. The lowest BCUT2D eigenvalue weighted by atomic mass is 10.0. The summed E-state index contributed by atoms with van der Waals surface area (Å²) in [7, 11) is 0. The molecule has 0 aliphatic heterocycles. The summed E-state index contributed by atoms with van der Waals surface area (Å²) in [5.74, 6) is -0.0295. The minimum atomic E-state index is -0.999. The topological polar surface area (TPSA) is 65.1 Å². The van der Waals surface area contributed by atoms with Gasteiger partial charge in [-0.05, 0) is 36.6 Å². The molecular formula is C15H19ClN2O2. The zero-order valence-electron chi connectivity index (χ0n) is 11.8. The zero-order chi connectivity index (χ0) is 14.9. The van der Waals surface area contributed by atoms with Gasteiger partial charge in [-0.3, -0.25) is 4.79 Å². The van der Waals surface area contributed by atoms with E-state index in [2.05, 4.69) is 24.1 Å². The van der Waals surface area contributed by atoms with Crippen LogP contribution in [0.25, 0.3) is 10.9 Å². The first-order valence-electron chi connectivity index (χ1n) is 6.65. The van der Waals surface area contributed by atoms with E-state index >= 15 is 0 Å². The van der Waals surface area contributed by atoms with E-state index in [4.69, 9.17) is 16.7 Å².